The molecule has 0 unspecified atom stereocenters. The summed E-state index contributed by atoms with van der Waals surface area (Å²) in [7, 11) is -3.55. The molecule has 2 aromatic rings. The number of benzene rings is 1. The minimum atomic E-state index is -3.55. The van der Waals surface area contributed by atoms with Crippen molar-refractivity contribution < 1.29 is 27.5 Å². The number of nitrogens with one attached hydrogen (secondary N) is 1. The summed E-state index contributed by atoms with van der Waals surface area (Å²) in [5.41, 5.74) is 1.00. The molecule has 3 rings (SSSR count). The zero-order valence-corrected chi connectivity index (χ0v) is 15.9. The Labute approximate surface area is 162 Å². The highest BCUT2D eigenvalue weighted by Crippen LogP contribution is 2.18. The summed E-state index contributed by atoms with van der Waals surface area (Å²) in [5.74, 6) is -0.991. The number of sulfonamides is 1. The molecule has 1 N–H and O–H groups in total. The molecule has 0 radical (unpaired) electrons. The van der Waals surface area contributed by atoms with Crippen molar-refractivity contribution in [1.82, 2.24) is 9.29 Å². The van der Waals surface area contributed by atoms with Crippen molar-refractivity contribution in [2.24, 2.45) is 0 Å². The third kappa shape index (κ3) is 4.94. The van der Waals surface area contributed by atoms with Crippen LogP contribution in [0.25, 0.3) is 6.08 Å². The summed E-state index contributed by atoms with van der Waals surface area (Å²) in [6.07, 6.45) is 4.29. The van der Waals surface area contributed by atoms with Crippen molar-refractivity contribution in [3.63, 3.8) is 0 Å². The Morgan fingerprint density at radius 1 is 1.14 bits per heavy atom. The zero-order valence-electron chi connectivity index (χ0n) is 15.0. The lowest BCUT2D eigenvalue weighted by Crippen LogP contribution is -2.40. The standard InChI is InChI=1S/C19H20N2O6S/c22-18(17-2-1-9-20-17)14-27-19(23)8-5-15-3-6-16(7-4-15)28(24,25)21-10-12-26-13-11-21/h1-9,20H,10-14H2. The number of hydrogen-bond acceptors (Lipinski definition) is 6. The summed E-state index contributed by atoms with van der Waals surface area (Å²) in [6, 6.07) is 9.45. The molecule has 148 valence electrons. The first-order valence-electron chi connectivity index (χ1n) is 8.66. The van der Waals surface area contributed by atoms with Crippen molar-refractivity contribution in [2.75, 3.05) is 32.9 Å². The maximum Gasteiger partial charge on any atom is 0.331 e. The molecule has 0 atom stereocenters. The van der Waals surface area contributed by atoms with Crippen LogP contribution in [0.4, 0.5) is 0 Å². The summed E-state index contributed by atoms with van der Waals surface area (Å²) >= 11 is 0. The van der Waals surface area contributed by atoms with Crippen LogP contribution in [-0.2, 0) is 24.3 Å². The molecule has 1 fully saturated rings. The van der Waals surface area contributed by atoms with E-state index in [0.717, 1.165) is 0 Å². The lowest BCUT2D eigenvalue weighted by Gasteiger charge is -2.26. The third-order valence-electron chi connectivity index (χ3n) is 4.14. The van der Waals surface area contributed by atoms with Crippen LogP contribution in [0.2, 0.25) is 0 Å². The van der Waals surface area contributed by atoms with Crippen LogP contribution in [0.1, 0.15) is 16.1 Å². The molecule has 1 aliphatic heterocycles. The van der Waals surface area contributed by atoms with Crippen LogP contribution < -0.4 is 0 Å². The van der Waals surface area contributed by atoms with Crippen LogP contribution in [0, 0.1) is 0 Å². The smallest absolute Gasteiger partial charge is 0.331 e. The second-order valence-corrected chi connectivity index (χ2v) is 7.97. The van der Waals surface area contributed by atoms with Crippen molar-refractivity contribution in [2.45, 2.75) is 4.90 Å². The molecule has 8 nitrogen and oxygen atoms in total. The molecular formula is C19H20N2O6S. The van der Waals surface area contributed by atoms with Crippen LogP contribution in [-0.4, -0.2) is 62.4 Å². The first-order chi connectivity index (χ1) is 13.5. The largest absolute Gasteiger partial charge is 0.454 e. The fourth-order valence-corrected chi connectivity index (χ4v) is 4.03. The Bertz CT molecular complexity index is 943. The number of aromatic nitrogens is 1. The van der Waals surface area contributed by atoms with Gasteiger partial charge in [0.2, 0.25) is 15.8 Å². The average Bonchev–Trinajstić information content (AvgIpc) is 3.26. The molecule has 1 aromatic heterocycles. The highest BCUT2D eigenvalue weighted by atomic mass is 32.2. The highest BCUT2D eigenvalue weighted by molar-refractivity contribution is 7.89. The number of carbonyl (C=O) groups is 2. The van der Waals surface area contributed by atoms with Crippen molar-refractivity contribution in [1.29, 1.82) is 0 Å². The average molecular weight is 404 g/mol. The van der Waals surface area contributed by atoms with E-state index < -0.39 is 16.0 Å². The number of H-pyrrole nitrogens is 1. The van der Waals surface area contributed by atoms with Crippen molar-refractivity contribution in [3.8, 4) is 0 Å². The molecule has 1 aliphatic rings. The zero-order chi connectivity index (χ0) is 20.0. The molecule has 0 spiro atoms. The van der Waals surface area contributed by atoms with E-state index in [1.807, 2.05) is 0 Å². The van der Waals surface area contributed by atoms with Gasteiger partial charge in [-0.15, -0.1) is 0 Å². The molecule has 1 saturated heterocycles. The van der Waals surface area contributed by atoms with Gasteiger partial charge in [0.1, 0.15) is 0 Å². The van der Waals surface area contributed by atoms with Gasteiger partial charge in [0.15, 0.2) is 6.61 Å². The Balaban J connectivity index is 1.56. The number of hydrogen-bond donors (Lipinski definition) is 1. The Morgan fingerprint density at radius 2 is 1.86 bits per heavy atom. The maximum absolute atomic E-state index is 12.6. The Kier molecular flexibility index (Phi) is 6.40. The first kappa shape index (κ1) is 20.0. The van der Waals surface area contributed by atoms with Crippen molar-refractivity contribution in [3.05, 3.63) is 59.9 Å². The van der Waals surface area contributed by atoms with Crippen LogP contribution >= 0.6 is 0 Å². The third-order valence-corrected chi connectivity index (χ3v) is 6.06. The van der Waals surface area contributed by atoms with Crippen molar-refractivity contribution >= 4 is 27.9 Å². The fraction of sp³-hybridized carbons (Fsp3) is 0.263. The normalized spacial score (nSPS) is 15.6. The second kappa shape index (κ2) is 8.96. The minimum Gasteiger partial charge on any atom is -0.454 e. The number of rotatable bonds is 7. The molecule has 0 amide bonds. The molecule has 2 heterocycles. The minimum absolute atomic E-state index is 0.186. The van der Waals surface area contributed by atoms with Crippen LogP contribution in [0.3, 0.4) is 0 Å². The Morgan fingerprint density at radius 3 is 2.50 bits per heavy atom. The number of aromatic amines is 1. The predicted molar refractivity (Wildman–Crippen MR) is 101 cm³/mol. The van der Waals surface area contributed by atoms with E-state index in [-0.39, 0.29) is 17.3 Å². The van der Waals surface area contributed by atoms with E-state index in [2.05, 4.69) is 4.98 Å². The number of esters is 1. The molecule has 0 saturated carbocycles. The van der Waals surface area contributed by atoms with Gasteiger partial charge in [-0.25, -0.2) is 13.2 Å². The monoisotopic (exact) mass is 404 g/mol. The molecule has 28 heavy (non-hydrogen) atoms. The maximum atomic E-state index is 12.6. The number of ketones is 1. The summed E-state index contributed by atoms with van der Waals surface area (Å²) in [4.78, 5) is 26.4. The van der Waals surface area contributed by atoms with Gasteiger partial charge in [0, 0.05) is 25.4 Å². The van der Waals surface area contributed by atoms with Gasteiger partial charge in [-0.3, -0.25) is 4.79 Å². The van der Waals surface area contributed by atoms with E-state index in [1.165, 1.54) is 28.6 Å². The van der Waals surface area contributed by atoms with Gasteiger partial charge in [-0.1, -0.05) is 12.1 Å². The quantitative estimate of drug-likeness (QED) is 0.426. The van der Waals surface area contributed by atoms with Gasteiger partial charge in [0.05, 0.1) is 23.8 Å². The van der Waals surface area contributed by atoms with E-state index >= 15 is 0 Å². The van der Waals surface area contributed by atoms with E-state index in [1.54, 1.807) is 30.5 Å². The molecular weight excluding hydrogens is 384 g/mol. The predicted octanol–water partition coefficient (Wildman–Crippen LogP) is 1.47. The summed E-state index contributed by atoms with van der Waals surface area (Å²) < 4.78 is 36.6. The number of morpholine rings is 1. The number of ether oxygens (including phenoxy) is 2. The summed E-state index contributed by atoms with van der Waals surface area (Å²) in [5, 5.41) is 0. The molecule has 9 heteroatoms. The lowest BCUT2D eigenvalue weighted by atomic mass is 10.2. The highest BCUT2D eigenvalue weighted by Gasteiger charge is 2.25. The van der Waals surface area contributed by atoms with Gasteiger partial charge >= 0.3 is 5.97 Å². The number of Topliss-reactive ketones (excluding diaryl/α,β-unsaturated/α-hetero) is 1. The lowest BCUT2D eigenvalue weighted by molar-refractivity contribution is -0.136. The molecule has 0 aliphatic carbocycles. The van der Waals surface area contributed by atoms with Gasteiger partial charge in [-0.05, 0) is 35.9 Å². The van der Waals surface area contributed by atoms with E-state index in [4.69, 9.17) is 9.47 Å². The second-order valence-electron chi connectivity index (χ2n) is 6.03. The van der Waals surface area contributed by atoms with Crippen LogP contribution in [0.5, 0.6) is 0 Å². The number of carbonyl (C=O) groups excluding carboxylic acids is 2. The molecule has 0 bridgehead atoms. The van der Waals surface area contributed by atoms with E-state index in [9.17, 15) is 18.0 Å². The number of nitrogens with zero attached hydrogens (tertiary/aromatic N) is 1. The van der Waals surface area contributed by atoms with E-state index in [0.29, 0.717) is 37.6 Å². The SMILES string of the molecule is O=C(C=Cc1ccc(S(=O)(=O)N2CCOCC2)cc1)OCC(=O)c1ccc[nH]1. The Hall–Kier alpha value is -2.75. The van der Waals surface area contributed by atoms with Crippen LogP contribution in [0.15, 0.2) is 53.6 Å². The van der Waals surface area contributed by atoms with Gasteiger partial charge < -0.3 is 14.5 Å². The summed E-state index contributed by atoms with van der Waals surface area (Å²) in [6.45, 7) is 1.07. The molecule has 1 aromatic carbocycles. The topological polar surface area (TPSA) is 106 Å². The van der Waals surface area contributed by atoms with Gasteiger partial charge in [0.25, 0.3) is 0 Å². The fourth-order valence-electron chi connectivity index (χ4n) is 2.62. The van der Waals surface area contributed by atoms with Gasteiger partial charge in [-0.2, -0.15) is 4.31 Å². The first-order valence-corrected chi connectivity index (χ1v) is 10.1.